The van der Waals surface area contributed by atoms with Gasteiger partial charge in [-0.1, -0.05) is 6.92 Å². The van der Waals surface area contributed by atoms with Crippen LogP contribution in [0.25, 0.3) is 0 Å². The van der Waals surface area contributed by atoms with Gasteiger partial charge in [0, 0.05) is 18.7 Å². The Morgan fingerprint density at radius 1 is 1.53 bits per heavy atom. The van der Waals surface area contributed by atoms with Crippen LogP contribution in [0.5, 0.6) is 5.88 Å². The lowest BCUT2D eigenvalue weighted by Gasteiger charge is -2.06. The minimum Gasteiger partial charge on any atom is -0.476 e. The van der Waals surface area contributed by atoms with Crippen LogP contribution in [0.4, 0.5) is 11.5 Å². The first-order chi connectivity index (χ1) is 8.15. The maximum Gasteiger partial charge on any atom is 0.311 e. The molecule has 1 heterocycles. The Balaban J connectivity index is 2.45. The fourth-order valence-corrected chi connectivity index (χ4v) is 1.21. The van der Waals surface area contributed by atoms with E-state index < -0.39 is 4.92 Å². The van der Waals surface area contributed by atoms with Crippen molar-refractivity contribution in [2.75, 3.05) is 25.4 Å². The highest BCUT2D eigenvalue weighted by Gasteiger charge is 2.12. The molecule has 0 aromatic carbocycles. The van der Waals surface area contributed by atoms with Crippen molar-refractivity contribution in [2.24, 2.45) is 0 Å². The van der Waals surface area contributed by atoms with Crippen molar-refractivity contribution in [2.45, 2.75) is 13.3 Å². The first kappa shape index (κ1) is 13.2. The van der Waals surface area contributed by atoms with Gasteiger partial charge in [0.25, 0.3) is 0 Å². The minimum absolute atomic E-state index is 0.131. The highest BCUT2D eigenvalue weighted by atomic mass is 16.6. The van der Waals surface area contributed by atoms with Crippen LogP contribution in [-0.4, -0.2) is 29.6 Å². The topological polar surface area (TPSA) is 103 Å². The monoisotopic (exact) mass is 240 g/mol. The molecule has 0 amide bonds. The summed E-state index contributed by atoms with van der Waals surface area (Å²) in [7, 11) is 0. The van der Waals surface area contributed by atoms with Crippen LogP contribution in [0.1, 0.15) is 13.3 Å². The average Bonchev–Trinajstić information content (AvgIpc) is 2.28. The van der Waals surface area contributed by atoms with Gasteiger partial charge in [0.1, 0.15) is 6.61 Å². The predicted octanol–water partition coefficient (Wildman–Crippen LogP) is 0.950. The molecule has 1 aromatic heterocycles. The fourth-order valence-electron chi connectivity index (χ4n) is 1.21. The summed E-state index contributed by atoms with van der Waals surface area (Å²) in [5, 5.41) is 13.7. The first-order valence-electron chi connectivity index (χ1n) is 5.39. The predicted molar refractivity (Wildman–Crippen MR) is 64.0 cm³/mol. The van der Waals surface area contributed by atoms with Gasteiger partial charge in [-0.05, 0) is 13.0 Å². The molecule has 0 aliphatic heterocycles. The largest absolute Gasteiger partial charge is 0.476 e. The third kappa shape index (κ3) is 4.23. The quantitative estimate of drug-likeness (QED) is 0.418. The average molecular weight is 240 g/mol. The lowest BCUT2D eigenvalue weighted by Crippen LogP contribution is -2.21. The molecule has 94 valence electrons. The maximum atomic E-state index is 10.5. The Morgan fingerprint density at radius 2 is 2.29 bits per heavy atom. The van der Waals surface area contributed by atoms with Gasteiger partial charge in [-0.2, -0.15) is 4.98 Å². The summed E-state index contributed by atoms with van der Waals surface area (Å²) < 4.78 is 5.29. The van der Waals surface area contributed by atoms with E-state index in [1.54, 1.807) is 0 Å². The zero-order chi connectivity index (χ0) is 12.7. The molecule has 17 heavy (non-hydrogen) atoms. The highest BCUT2D eigenvalue weighted by Crippen LogP contribution is 2.21. The molecule has 0 bridgehead atoms. The van der Waals surface area contributed by atoms with Crippen molar-refractivity contribution < 1.29 is 9.66 Å². The number of anilines is 1. The van der Waals surface area contributed by atoms with Crippen molar-refractivity contribution in [3.63, 3.8) is 0 Å². The van der Waals surface area contributed by atoms with Gasteiger partial charge in [-0.15, -0.1) is 0 Å². The van der Waals surface area contributed by atoms with E-state index in [-0.39, 0.29) is 11.5 Å². The summed E-state index contributed by atoms with van der Waals surface area (Å²) in [6.07, 6.45) is 1.06. The second kappa shape index (κ2) is 6.64. The molecule has 7 nitrogen and oxygen atoms in total. The lowest BCUT2D eigenvalue weighted by atomic mass is 10.4. The number of nitrogens with zero attached hydrogens (tertiary/aromatic N) is 2. The Morgan fingerprint density at radius 3 is 2.88 bits per heavy atom. The Hall–Kier alpha value is -1.89. The normalized spacial score (nSPS) is 10.2. The van der Waals surface area contributed by atoms with Gasteiger partial charge in [-0.25, -0.2) is 0 Å². The van der Waals surface area contributed by atoms with E-state index in [1.807, 2.05) is 0 Å². The van der Waals surface area contributed by atoms with E-state index in [4.69, 9.17) is 10.5 Å². The molecule has 0 aliphatic carbocycles. The number of pyridine rings is 1. The van der Waals surface area contributed by atoms with Crippen LogP contribution in [-0.2, 0) is 0 Å². The van der Waals surface area contributed by atoms with Crippen molar-refractivity contribution in [1.29, 1.82) is 0 Å². The van der Waals surface area contributed by atoms with Crippen molar-refractivity contribution in [1.82, 2.24) is 10.3 Å². The summed E-state index contributed by atoms with van der Waals surface area (Å²) in [6.45, 7) is 4.16. The van der Waals surface area contributed by atoms with E-state index in [0.29, 0.717) is 19.0 Å². The van der Waals surface area contributed by atoms with Gasteiger partial charge in [-0.3, -0.25) is 10.1 Å². The maximum absolute atomic E-state index is 10.5. The van der Waals surface area contributed by atoms with Crippen LogP contribution in [0.2, 0.25) is 0 Å². The number of hydrogen-bond donors (Lipinski definition) is 2. The number of hydrogen-bond acceptors (Lipinski definition) is 6. The standard InChI is InChI=1S/C10H16N4O3/c1-2-5-12-6-7-17-9-4-3-8(14(15)16)10(11)13-9/h3-4,12H,2,5-7H2,1H3,(H2,11,13). The number of nitrogen functional groups attached to an aromatic ring is 1. The van der Waals surface area contributed by atoms with Gasteiger partial charge in [0.15, 0.2) is 0 Å². The molecule has 0 unspecified atom stereocenters. The first-order valence-corrected chi connectivity index (χ1v) is 5.39. The minimum atomic E-state index is -0.574. The molecule has 3 N–H and O–H groups in total. The summed E-state index contributed by atoms with van der Waals surface area (Å²) in [5.41, 5.74) is 5.22. The van der Waals surface area contributed by atoms with Gasteiger partial charge in [0.05, 0.1) is 4.92 Å². The molecule has 0 aliphatic rings. The summed E-state index contributed by atoms with van der Waals surface area (Å²) >= 11 is 0. The molecule has 0 saturated carbocycles. The number of aromatic nitrogens is 1. The molecule has 0 fully saturated rings. The number of ether oxygens (including phenoxy) is 1. The van der Waals surface area contributed by atoms with Crippen molar-refractivity contribution in [3.8, 4) is 5.88 Å². The lowest BCUT2D eigenvalue weighted by molar-refractivity contribution is -0.384. The molecule has 0 saturated heterocycles. The highest BCUT2D eigenvalue weighted by molar-refractivity contribution is 5.53. The van der Waals surface area contributed by atoms with Crippen LogP contribution >= 0.6 is 0 Å². The van der Waals surface area contributed by atoms with E-state index in [0.717, 1.165) is 13.0 Å². The number of nitrogens with two attached hydrogens (primary N) is 1. The van der Waals surface area contributed by atoms with Gasteiger partial charge < -0.3 is 15.8 Å². The molecular formula is C10H16N4O3. The molecule has 0 radical (unpaired) electrons. The Bertz CT molecular complexity index is 384. The second-order valence-corrected chi connectivity index (χ2v) is 3.41. The molecule has 1 aromatic rings. The SMILES string of the molecule is CCCNCCOc1ccc([N+](=O)[O-])c(N)n1. The van der Waals surface area contributed by atoms with Gasteiger partial charge in [0.2, 0.25) is 11.7 Å². The van der Waals surface area contributed by atoms with Crippen molar-refractivity contribution in [3.05, 3.63) is 22.2 Å². The number of rotatable bonds is 7. The van der Waals surface area contributed by atoms with E-state index in [9.17, 15) is 10.1 Å². The Labute approximate surface area is 99.1 Å². The second-order valence-electron chi connectivity index (χ2n) is 3.41. The van der Waals surface area contributed by atoms with Crippen LogP contribution < -0.4 is 15.8 Å². The van der Waals surface area contributed by atoms with Crippen LogP contribution in [0.3, 0.4) is 0 Å². The summed E-state index contributed by atoms with van der Waals surface area (Å²) in [4.78, 5) is 13.7. The van der Waals surface area contributed by atoms with Crippen LogP contribution in [0.15, 0.2) is 12.1 Å². The molecule has 7 heteroatoms. The molecule has 0 atom stereocenters. The molecule has 0 spiro atoms. The van der Waals surface area contributed by atoms with Gasteiger partial charge >= 0.3 is 5.69 Å². The van der Waals surface area contributed by atoms with Crippen molar-refractivity contribution >= 4 is 11.5 Å². The van der Waals surface area contributed by atoms with E-state index in [1.165, 1.54) is 12.1 Å². The third-order valence-electron chi connectivity index (χ3n) is 2.03. The molecular weight excluding hydrogens is 224 g/mol. The summed E-state index contributed by atoms with van der Waals surface area (Å²) in [5.74, 6) is 0.167. The Kier molecular flexibility index (Phi) is 5.15. The third-order valence-corrected chi connectivity index (χ3v) is 2.03. The smallest absolute Gasteiger partial charge is 0.311 e. The summed E-state index contributed by atoms with van der Waals surface area (Å²) in [6, 6.07) is 2.73. The van der Waals surface area contributed by atoms with E-state index in [2.05, 4.69) is 17.2 Å². The number of nitrogens with one attached hydrogen (secondary N) is 1. The van der Waals surface area contributed by atoms with E-state index >= 15 is 0 Å². The zero-order valence-corrected chi connectivity index (χ0v) is 9.68. The number of nitro groups is 1. The molecule has 1 rings (SSSR count). The zero-order valence-electron chi connectivity index (χ0n) is 9.68. The van der Waals surface area contributed by atoms with Crippen LogP contribution in [0, 0.1) is 10.1 Å². The fraction of sp³-hybridized carbons (Fsp3) is 0.500.